The average Bonchev–Trinajstić information content (AvgIpc) is 3.26. The monoisotopic (exact) mass is 371 g/mol. The second-order valence-corrected chi connectivity index (χ2v) is 7.20. The van der Waals surface area contributed by atoms with E-state index in [4.69, 9.17) is 4.74 Å². The molecule has 0 spiro atoms. The lowest BCUT2D eigenvalue weighted by atomic mass is 10.1. The molecule has 2 heterocycles. The molecule has 2 aromatic rings. The third kappa shape index (κ3) is 5.14. The lowest BCUT2D eigenvalue weighted by Crippen LogP contribution is -2.31. The zero-order valence-electron chi connectivity index (χ0n) is 16.4. The van der Waals surface area contributed by atoms with Crippen LogP contribution in [0.2, 0.25) is 0 Å². The van der Waals surface area contributed by atoms with E-state index in [-0.39, 0.29) is 5.91 Å². The van der Waals surface area contributed by atoms with Crippen LogP contribution >= 0.6 is 0 Å². The Kier molecular flexibility index (Phi) is 6.58. The van der Waals surface area contributed by atoms with Crippen molar-refractivity contribution in [1.29, 1.82) is 0 Å². The maximum atomic E-state index is 12.4. The Morgan fingerprint density at radius 2 is 2.11 bits per heavy atom. The van der Waals surface area contributed by atoms with Crippen LogP contribution in [0, 0.1) is 12.8 Å². The number of rotatable bonds is 8. The number of aromatic nitrogens is 3. The first-order valence-corrected chi connectivity index (χ1v) is 9.54. The molecule has 1 amide bonds. The minimum atomic E-state index is -0.0199. The minimum absolute atomic E-state index is 0.0199. The molecule has 1 aromatic carbocycles. The van der Waals surface area contributed by atoms with Crippen LogP contribution in [0.5, 0.6) is 0 Å². The number of likely N-dealkylation sites (tertiary alicyclic amines) is 1. The van der Waals surface area contributed by atoms with Crippen LogP contribution in [0.15, 0.2) is 24.3 Å². The standard InChI is InChI=1S/C20H29N5O2/c1-15-22-19(24(2)23-15)17-5-7-18(8-6-17)20(26)21-13-16-9-11-25(14-16)10-4-12-27-3/h5-8,16H,4,9-14H2,1-3H3,(H,21,26)/t16-/m1/s1. The second kappa shape index (κ2) is 9.10. The molecule has 3 rings (SSSR count). The normalized spacial score (nSPS) is 17.4. The Labute approximate surface area is 160 Å². The number of methoxy groups -OCH3 is 1. The van der Waals surface area contributed by atoms with Gasteiger partial charge < -0.3 is 15.0 Å². The number of carbonyl (C=O) groups excluding carboxylic acids is 1. The van der Waals surface area contributed by atoms with Crippen LogP contribution in [0.3, 0.4) is 0 Å². The van der Waals surface area contributed by atoms with Crippen LogP contribution in [0.1, 0.15) is 29.0 Å². The number of hydrogen-bond donors (Lipinski definition) is 1. The Morgan fingerprint density at radius 1 is 1.33 bits per heavy atom. The summed E-state index contributed by atoms with van der Waals surface area (Å²) in [4.78, 5) is 19.3. The number of aryl methyl sites for hydroxylation is 2. The van der Waals surface area contributed by atoms with Crippen molar-refractivity contribution in [3.63, 3.8) is 0 Å². The van der Waals surface area contributed by atoms with Gasteiger partial charge in [-0.05, 0) is 44.4 Å². The molecular formula is C20H29N5O2. The molecule has 1 aliphatic rings. The summed E-state index contributed by atoms with van der Waals surface area (Å²) >= 11 is 0. The number of hydrogen-bond acceptors (Lipinski definition) is 5. The highest BCUT2D eigenvalue weighted by molar-refractivity contribution is 5.94. The molecule has 1 aliphatic heterocycles. The van der Waals surface area contributed by atoms with Gasteiger partial charge in [0, 0.05) is 51.5 Å². The van der Waals surface area contributed by atoms with Gasteiger partial charge in [0.2, 0.25) is 0 Å². The summed E-state index contributed by atoms with van der Waals surface area (Å²) < 4.78 is 6.86. The molecular weight excluding hydrogens is 342 g/mol. The predicted octanol–water partition coefficient (Wildman–Crippen LogP) is 1.88. The molecule has 0 aliphatic carbocycles. The van der Waals surface area contributed by atoms with Gasteiger partial charge in [-0.2, -0.15) is 5.10 Å². The maximum absolute atomic E-state index is 12.4. The molecule has 0 bridgehead atoms. The van der Waals surface area contributed by atoms with Gasteiger partial charge >= 0.3 is 0 Å². The molecule has 146 valence electrons. The van der Waals surface area contributed by atoms with Crippen molar-refractivity contribution in [3.05, 3.63) is 35.7 Å². The third-order valence-corrected chi connectivity index (χ3v) is 5.02. The fourth-order valence-corrected chi connectivity index (χ4v) is 3.59. The van der Waals surface area contributed by atoms with Crippen LogP contribution < -0.4 is 5.32 Å². The van der Waals surface area contributed by atoms with Crippen LogP contribution in [0.4, 0.5) is 0 Å². The van der Waals surface area contributed by atoms with E-state index < -0.39 is 0 Å². The average molecular weight is 371 g/mol. The summed E-state index contributed by atoms with van der Waals surface area (Å²) in [6, 6.07) is 7.54. The summed E-state index contributed by atoms with van der Waals surface area (Å²) in [5.41, 5.74) is 1.63. The highest BCUT2D eigenvalue weighted by Gasteiger charge is 2.22. The quantitative estimate of drug-likeness (QED) is 0.718. The number of benzene rings is 1. The first kappa shape index (κ1) is 19.5. The zero-order chi connectivity index (χ0) is 19.2. The van der Waals surface area contributed by atoms with Gasteiger partial charge in [0.15, 0.2) is 5.82 Å². The maximum Gasteiger partial charge on any atom is 0.251 e. The first-order valence-electron chi connectivity index (χ1n) is 9.54. The first-order chi connectivity index (χ1) is 13.1. The van der Waals surface area contributed by atoms with E-state index in [2.05, 4.69) is 20.3 Å². The van der Waals surface area contributed by atoms with E-state index in [9.17, 15) is 4.79 Å². The van der Waals surface area contributed by atoms with Gasteiger partial charge in [-0.3, -0.25) is 4.79 Å². The largest absolute Gasteiger partial charge is 0.385 e. The lowest BCUT2D eigenvalue weighted by molar-refractivity contribution is 0.0947. The van der Waals surface area contributed by atoms with Crippen molar-refractivity contribution in [2.45, 2.75) is 19.8 Å². The molecule has 0 unspecified atom stereocenters. The van der Waals surface area contributed by atoms with E-state index in [1.54, 1.807) is 11.8 Å². The number of amides is 1. The molecule has 0 saturated carbocycles. The van der Waals surface area contributed by atoms with Gasteiger partial charge in [-0.25, -0.2) is 9.67 Å². The van der Waals surface area contributed by atoms with Crippen LogP contribution in [-0.4, -0.2) is 65.5 Å². The highest BCUT2D eigenvalue weighted by atomic mass is 16.5. The molecule has 27 heavy (non-hydrogen) atoms. The number of ether oxygens (including phenoxy) is 1. The van der Waals surface area contributed by atoms with Crippen molar-refractivity contribution in [3.8, 4) is 11.4 Å². The Bertz CT molecular complexity index is 756. The molecule has 1 N–H and O–H groups in total. The molecule has 7 heteroatoms. The summed E-state index contributed by atoms with van der Waals surface area (Å²) in [7, 11) is 3.61. The van der Waals surface area contributed by atoms with Gasteiger partial charge in [0.05, 0.1) is 0 Å². The molecule has 1 saturated heterocycles. The van der Waals surface area contributed by atoms with Crippen molar-refractivity contribution in [1.82, 2.24) is 25.0 Å². The van der Waals surface area contributed by atoms with E-state index in [1.807, 2.05) is 38.2 Å². The minimum Gasteiger partial charge on any atom is -0.385 e. The van der Waals surface area contributed by atoms with Gasteiger partial charge in [-0.1, -0.05) is 12.1 Å². The molecule has 0 radical (unpaired) electrons. The van der Waals surface area contributed by atoms with E-state index >= 15 is 0 Å². The summed E-state index contributed by atoms with van der Waals surface area (Å²) in [6.07, 6.45) is 2.20. The third-order valence-electron chi connectivity index (χ3n) is 5.02. The van der Waals surface area contributed by atoms with E-state index in [0.717, 1.165) is 62.8 Å². The van der Waals surface area contributed by atoms with Crippen molar-refractivity contribution >= 4 is 5.91 Å². The number of nitrogens with zero attached hydrogens (tertiary/aromatic N) is 4. The molecule has 1 aromatic heterocycles. The Morgan fingerprint density at radius 3 is 2.78 bits per heavy atom. The topological polar surface area (TPSA) is 72.3 Å². The van der Waals surface area contributed by atoms with Crippen molar-refractivity contribution in [2.24, 2.45) is 13.0 Å². The number of nitrogens with one attached hydrogen (secondary N) is 1. The zero-order valence-corrected chi connectivity index (χ0v) is 16.4. The van der Waals surface area contributed by atoms with Crippen molar-refractivity contribution < 1.29 is 9.53 Å². The SMILES string of the molecule is COCCCN1CC[C@H](CNC(=O)c2ccc(-c3nc(C)nn3C)cc2)C1. The number of carbonyl (C=O) groups is 1. The molecule has 1 fully saturated rings. The molecule has 1 atom stereocenters. The fourth-order valence-electron chi connectivity index (χ4n) is 3.59. The predicted molar refractivity (Wildman–Crippen MR) is 105 cm³/mol. The molecule has 7 nitrogen and oxygen atoms in total. The van der Waals surface area contributed by atoms with Crippen molar-refractivity contribution in [2.75, 3.05) is 39.9 Å². The van der Waals surface area contributed by atoms with Gasteiger partial charge in [0.25, 0.3) is 5.91 Å². The van der Waals surface area contributed by atoms with Crippen LogP contribution in [-0.2, 0) is 11.8 Å². The summed E-state index contributed by atoms with van der Waals surface area (Å²) in [6.45, 7) is 6.63. The van der Waals surface area contributed by atoms with Gasteiger partial charge in [-0.15, -0.1) is 0 Å². The summed E-state index contributed by atoms with van der Waals surface area (Å²) in [5, 5.41) is 7.34. The van der Waals surface area contributed by atoms with Crippen LogP contribution in [0.25, 0.3) is 11.4 Å². The second-order valence-electron chi connectivity index (χ2n) is 7.20. The Hall–Kier alpha value is -2.25. The lowest BCUT2D eigenvalue weighted by Gasteiger charge is -2.16. The highest BCUT2D eigenvalue weighted by Crippen LogP contribution is 2.18. The summed E-state index contributed by atoms with van der Waals surface area (Å²) in [5.74, 6) is 2.05. The Balaban J connectivity index is 1.48. The van der Waals surface area contributed by atoms with Gasteiger partial charge in [0.1, 0.15) is 5.82 Å². The van der Waals surface area contributed by atoms with E-state index in [0.29, 0.717) is 11.5 Å². The smallest absolute Gasteiger partial charge is 0.251 e. The van der Waals surface area contributed by atoms with E-state index in [1.165, 1.54) is 0 Å². The fraction of sp³-hybridized carbons (Fsp3) is 0.550.